The number of para-hydroxylation sites is 1. The molecule has 5 rings (SSSR count). The van der Waals surface area contributed by atoms with Gasteiger partial charge in [-0.2, -0.15) is 0 Å². The van der Waals surface area contributed by atoms with Crippen LogP contribution in [-0.2, 0) is 4.79 Å². The molecule has 6 nitrogen and oxygen atoms in total. The molecule has 0 saturated heterocycles. The predicted molar refractivity (Wildman–Crippen MR) is 132 cm³/mol. The third-order valence-corrected chi connectivity index (χ3v) is 6.72. The third-order valence-electron chi connectivity index (χ3n) is 5.76. The summed E-state index contributed by atoms with van der Waals surface area (Å²) in [5, 5.41) is 5.10. The van der Waals surface area contributed by atoms with Crippen molar-refractivity contribution in [3.8, 4) is 5.75 Å². The molecule has 0 bridgehead atoms. The van der Waals surface area contributed by atoms with Gasteiger partial charge in [-0.15, -0.1) is 0 Å². The van der Waals surface area contributed by atoms with Gasteiger partial charge in [-0.1, -0.05) is 48.2 Å². The van der Waals surface area contributed by atoms with Gasteiger partial charge >= 0.3 is 0 Å². The number of rotatable bonds is 8. The van der Waals surface area contributed by atoms with Crippen LogP contribution in [-0.4, -0.2) is 39.7 Å². The Bertz CT molecular complexity index is 1390. The summed E-state index contributed by atoms with van der Waals surface area (Å²) >= 11 is 1.43. The number of nitrogens with one attached hydrogen (secondary N) is 2. The van der Waals surface area contributed by atoms with Crippen LogP contribution in [0.3, 0.4) is 0 Å². The Balaban J connectivity index is 1.33. The maximum atomic E-state index is 12.7. The number of aromatic amines is 1. The summed E-state index contributed by atoms with van der Waals surface area (Å²) in [6.45, 7) is 0.496. The average molecular weight is 457 g/mol. The molecule has 1 atom stereocenters. The van der Waals surface area contributed by atoms with Crippen molar-refractivity contribution in [3.63, 3.8) is 0 Å². The monoisotopic (exact) mass is 456 g/mol. The lowest BCUT2D eigenvalue weighted by atomic mass is 9.91. The van der Waals surface area contributed by atoms with Crippen molar-refractivity contribution in [1.29, 1.82) is 0 Å². The average Bonchev–Trinajstić information content (AvgIpc) is 3.48. The van der Waals surface area contributed by atoms with Crippen LogP contribution >= 0.6 is 11.8 Å². The third kappa shape index (κ3) is 4.45. The number of pyridine rings is 1. The minimum Gasteiger partial charge on any atom is -0.497 e. The molecule has 2 N–H and O–H groups in total. The first-order chi connectivity index (χ1) is 16.2. The van der Waals surface area contributed by atoms with Crippen LogP contribution in [0.25, 0.3) is 16.4 Å². The first-order valence-corrected chi connectivity index (χ1v) is 11.7. The van der Waals surface area contributed by atoms with Crippen molar-refractivity contribution < 1.29 is 9.53 Å². The number of fused-ring (bicyclic) bond motifs is 2. The van der Waals surface area contributed by atoms with E-state index in [0.717, 1.165) is 38.5 Å². The summed E-state index contributed by atoms with van der Waals surface area (Å²) in [7, 11) is 1.66. The van der Waals surface area contributed by atoms with Crippen LogP contribution in [0.4, 0.5) is 0 Å². The molecule has 3 aromatic heterocycles. The number of H-pyrrole nitrogens is 1. The van der Waals surface area contributed by atoms with Gasteiger partial charge in [0.15, 0.2) is 5.16 Å². The maximum absolute atomic E-state index is 12.7. The number of amides is 1. The van der Waals surface area contributed by atoms with Crippen molar-refractivity contribution in [2.75, 3.05) is 19.4 Å². The van der Waals surface area contributed by atoms with Crippen LogP contribution in [0.1, 0.15) is 17.0 Å². The zero-order valence-corrected chi connectivity index (χ0v) is 19.0. The van der Waals surface area contributed by atoms with Crippen LogP contribution in [0.15, 0.2) is 90.5 Å². The Morgan fingerprint density at radius 2 is 1.94 bits per heavy atom. The minimum absolute atomic E-state index is 0.00765. The zero-order chi connectivity index (χ0) is 22.6. The smallest absolute Gasteiger partial charge is 0.230 e. The minimum atomic E-state index is -0.0222. The van der Waals surface area contributed by atoms with Crippen molar-refractivity contribution in [2.24, 2.45) is 0 Å². The molecule has 0 aliphatic heterocycles. The van der Waals surface area contributed by atoms with Crippen LogP contribution < -0.4 is 10.1 Å². The predicted octanol–water partition coefficient (Wildman–Crippen LogP) is 4.86. The largest absolute Gasteiger partial charge is 0.497 e. The summed E-state index contributed by atoms with van der Waals surface area (Å²) < 4.78 is 7.31. The van der Waals surface area contributed by atoms with E-state index in [1.165, 1.54) is 11.8 Å². The lowest BCUT2D eigenvalue weighted by Gasteiger charge is -2.18. The van der Waals surface area contributed by atoms with E-state index in [2.05, 4.69) is 39.6 Å². The highest BCUT2D eigenvalue weighted by Crippen LogP contribution is 2.31. The normalized spacial score (nSPS) is 12.2. The molecule has 166 valence electrons. The van der Waals surface area contributed by atoms with E-state index < -0.39 is 0 Å². The SMILES string of the molecule is COc1ccc(C(CNC(=O)CSc2ncc3ccccn23)c2c[nH]c3ccccc23)cc1. The van der Waals surface area contributed by atoms with Gasteiger partial charge in [0, 0.05) is 35.8 Å². The number of nitrogens with zero attached hydrogens (tertiary/aromatic N) is 2. The second kappa shape index (κ2) is 9.42. The highest BCUT2D eigenvalue weighted by atomic mass is 32.2. The van der Waals surface area contributed by atoms with E-state index in [0.29, 0.717) is 12.3 Å². The lowest BCUT2D eigenvalue weighted by molar-refractivity contribution is -0.118. The molecule has 3 heterocycles. The Kier molecular flexibility index (Phi) is 6.04. The van der Waals surface area contributed by atoms with E-state index in [-0.39, 0.29) is 11.8 Å². The zero-order valence-electron chi connectivity index (χ0n) is 18.2. The van der Waals surface area contributed by atoms with Gasteiger partial charge in [0.05, 0.1) is 24.6 Å². The van der Waals surface area contributed by atoms with Gasteiger partial charge in [-0.05, 0) is 41.5 Å². The van der Waals surface area contributed by atoms with Gasteiger partial charge in [0.25, 0.3) is 0 Å². The molecular weight excluding hydrogens is 432 g/mol. The van der Waals surface area contributed by atoms with Gasteiger partial charge < -0.3 is 15.0 Å². The summed E-state index contributed by atoms with van der Waals surface area (Å²) in [4.78, 5) is 20.5. The molecule has 0 radical (unpaired) electrons. The number of carbonyl (C=O) groups is 1. The van der Waals surface area contributed by atoms with E-state index in [1.807, 2.05) is 65.5 Å². The lowest BCUT2D eigenvalue weighted by Crippen LogP contribution is -2.30. The van der Waals surface area contributed by atoms with E-state index >= 15 is 0 Å². The number of carbonyl (C=O) groups excluding carboxylic acids is 1. The number of thioether (sulfide) groups is 1. The van der Waals surface area contributed by atoms with Crippen molar-refractivity contribution in [3.05, 3.63) is 96.4 Å². The Morgan fingerprint density at radius 1 is 1.12 bits per heavy atom. The second-order valence-corrected chi connectivity index (χ2v) is 8.69. The topological polar surface area (TPSA) is 71.4 Å². The highest BCUT2D eigenvalue weighted by Gasteiger charge is 2.19. The Labute approximate surface area is 196 Å². The van der Waals surface area contributed by atoms with Crippen molar-refractivity contribution >= 4 is 34.1 Å². The number of imidazole rings is 1. The molecule has 0 aliphatic rings. The fourth-order valence-corrected chi connectivity index (χ4v) is 4.84. The Hall–Kier alpha value is -3.71. The number of methoxy groups -OCH3 is 1. The molecule has 5 aromatic rings. The molecule has 2 aromatic carbocycles. The molecule has 0 fully saturated rings. The summed E-state index contributed by atoms with van der Waals surface area (Å²) in [6.07, 6.45) is 5.81. The molecular formula is C26H24N4O2S. The summed E-state index contributed by atoms with van der Waals surface area (Å²) in [6, 6.07) is 22.2. The summed E-state index contributed by atoms with van der Waals surface area (Å²) in [5.41, 5.74) is 4.37. The van der Waals surface area contributed by atoms with Crippen LogP contribution in [0, 0.1) is 0 Å². The van der Waals surface area contributed by atoms with Crippen LogP contribution in [0.5, 0.6) is 5.75 Å². The van der Waals surface area contributed by atoms with Gasteiger partial charge in [-0.3, -0.25) is 9.20 Å². The molecule has 33 heavy (non-hydrogen) atoms. The van der Waals surface area contributed by atoms with E-state index in [1.54, 1.807) is 7.11 Å². The van der Waals surface area contributed by atoms with Gasteiger partial charge in [-0.25, -0.2) is 4.98 Å². The molecule has 7 heteroatoms. The fourth-order valence-electron chi connectivity index (χ4n) is 4.05. The Morgan fingerprint density at radius 3 is 2.79 bits per heavy atom. The van der Waals surface area contributed by atoms with E-state index in [9.17, 15) is 4.79 Å². The fraction of sp³-hybridized carbons (Fsp3) is 0.154. The maximum Gasteiger partial charge on any atom is 0.230 e. The highest BCUT2D eigenvalue weighted by molar-refractivity contribution is 7.99. The van der Waals surface area contributed by atoms with Gasteiger partial charge in [0.2, 0.25) is 5.91 Å². The number of hydrogen-bond donors (Lipinski definition) is 2. The quantitative estimate of drug-likeness (QED) is 0.327. The molecule has 1 amide bonds. The second-order valence-electron chi connectivity index (χ2n) is 7.74. The summed E-state index contributed by atoms with van der Waals surface area (Å²) in [5.74, 6) is 1.10. The standard InChI is InChI=1S/C26H24N4O2S/c1-32-20-11-9-18(10-12-20)22(23-16-27-24-8-3-2-7-21(23)24)15-28-25(31)17-33-26-29-14-19-6-4-5-13-30(19)26/h2-14,16,22,27H,15,17H2,1H3,(H,28,31). The molecule has 0 aliphatic carbocycles. The molecule has 0 saturated carbocycles. The number of benzene rings is 2. The molecule has 1 unspecified atom stereocenters. The first-order valence-electron chi connectivity index (χ1n) is 10.7. The van der Waals surface area contributed by atoms with Crippen LogP contribution in [0.2, 0.25) is 0 Å². The van der Waals surface area contributed by atoms with Crippen molar-refractivity contribution in [2.45, 2.75) is 11.1 Å². The molecule has 0 spiro atoms. The number of hydrogen-bond acceptors (Lipinski definition) is 4. The van der Waals surface area contributed by atoms with E-state index in [4.69, 9.17) is 4.74 Å². The number of aromatic nitrogens is 3. The first kappa shape index (κ1) is 21.2. The van der Waals surface area contributed by atoms with Crippen molar-refractivity contribution in [1.82, 2.24) is 19.7 Å². The van der Waals surface area contributed by atoms with Gasteiger partial charge in [0.1, 0.15) is 5.75 Å². The number of ether oxygens (including phenoxy) is 1.